The van der Waals surface area contributed by atoms with Crippen LogP contribution in [0.15, 0.2) is 0 Å². The summed E-state index contributed by atoms with van der Waals surface area (Å²) in [6, 6.07) is 0. The summed E-state index contributed by atoms with van der Waals surface area (Å²) in [4.78, 5) is 11.4. The molecule has 4 nitrogen and oxygen atoms in total. The van der Waals surface area contributed by atoms with Crippen molar-refractivity contribution in [1.82, 2.24) is 10.6 Å². The van der Waals surface area contributed by atoms with Crippen LogP contribution >= 0.6 is 0 Å². The van der Waals surface area contributed by atoms with Gasteiger partial charge in [0, 0.05) is 13.2 Å². The van der Waals surface area contributed by atoms with E-state index in [1.807, 2.05) is 6.92 Å². The van der Waals surface area contributed by atoms with Gasteiger partial charge < -0.3 is 15.7 Å². The number of likely N-dealkylation sites (N-methyl/N-ethyl adjacent to an activating group) is 1. The zero-order chi connectivity index (χ0) is 11.8. The molecule has 1 amide bonds. The average Bonchev–Trinajstić information content (AvgIpc) is 2.34. The van der Waals surface area contributed by atoms with Crippen LogP contribution in [0.2, 0.25) is 0 Å². The van der Waals surface area contributed by atoms with Crippen LogP contribution in [0.3, 0.4) is 0 Å². The molecule has 0 aromatic heterocycles. The molecule has 0 aliphatic heterocycles. The minimum atomic E-state index is 0.0594. The average molecular weight is 228 g/mol. The first-order valence-corrected chi connectivity index (χ1v) is 6.36. The molecule has 16 heavy (non-hydrogen) atoms. The topological polar surface area (TPSA) is 61.4 Å². The lowest BCUT2D eigenvalue weighted by atomic mass is 9.79. The molecule has 2 unspecified atom stereocenters. The molecule has 0 aromatic rings. The van der Waals surface area contributed by atoms with E-state index in [-0.39, 0.29) is 12.5 Å². The van der Waals surface area contributed by atoms with Gasteiger partial charge in [-0.1, -0.05) is 19.8 Å². The van der Waals surface area contributed by atoms with Gasteiger partial charge in [0.05, 0.1) is 6.54 Å². The van der Waals surface area contributed by atoms with Crippen molar-refractivity contribution < 1.29 is 9.90 Å². The maximum absolute atomic E-state index is 11.4. The van der Waals surface area contributed by atoms with Crippen molar-refractivity contribution in [2.45, 2.75) is 32.6 Å². The van der Waals surface area contributed by atoms with Crippen LogP contribution in [-0.2, 0) is 4.79 Å². The zero-order valence-electron chi connectivity index (χ0n) is 10.2. The predicted molar refractivity (Wildman–Crippen MR) is 64.1 cm³/mol. The Labute approximate surface area is 97.8 Å². The van der Waals surface area contributed by atoms with Crippen molar-refractivity contribution in [3.63, 3.8) is 0 Å². The van der Waals surface area contributed by atoms with Crippen molar-refractivity contribution in [3.05, 3.63) is 0 Å². The fourth-order valence-electron chi connectivity index (χ4n) is 2.34. The Bertz CT molecular complexity index is 209. The van der Waals surface area contributed by atoms with Crippen molar-refractivity contribution in [1.29, 1.82) is 0 Å². The van der Waals surface area contributed by atoms with E-state index in [0.717, 1.165) is 25.9 Å². The molecule has 3 N–H and O–H groups in total. The summed E-state index contributed by atoms with van der Waals surface area (Å²) in [5.74, 6) is 0.904. The molecule has 1 fully saturated rings. The predicted octanol–water partition coefficient (Wildman–Crippen LogP) is 0.511. The van der Waals surface area contributed by atoms with Crippen LogP contribution in [0.1, 0.15) is 32.6 Å². The number of aliphatic hydroxyl groups is 1. The maximum atomic E-state index is 11.4. The molecule has 1 saturated carbocycles. The number of carbonyl (C=O) groups is 1. The van der Waals surface area contributed by atoms with Crippen LogP contribution < -0.4 is 10.6 Å². The van der Waals surface area contributed by atoms with E-state index in [4.69, 9.17) is 0 Å². The monoisotopic (exact) mass is 228 g/mol. The summed E-state index contributed by atoms with van der Waals surface area (Å²) in [5.41, 5.74) is 0. The third-order valence-corrected chi connectivity index (χ3v) is 3.40. The van der Waals surface area contributed by atoms with E-state index in [1.54, 1.807) is 0 Å². The third kappa shape index (κ3) is 4.49. The number of aliphatic hydroxyl groups excluding tert-OH is 1. The van der Waals surface area contributed by atoms with Crippen LogP contribution in [0.5, 0.6) is 0 Å². The lowest BCUT2D eigenvalue weighted by Crippen LogP contribution is -2.39. The highest BCUT2D eigenvalue weighted by Crippen LogP contribution is 2.28. The minimum absolute atomic E-state index is 0.0594. The first-order chi connectivity index (χ1) is 7.77. The largest absolute Gasteiger partial charge is 0.396 e. The van der Waals surface area contributed by atoms with Crippen molar-refractivity contribution in [3.8, 4) is 0 Å². The van der Waals surface area contributed by atoms with Gasteiger partial charge in [0.25, 0.3) is 0 Å². The third-order valence-electron chi connectivity index (χ3n) is 3.40. The van der Waals surface area contributed by atoms with Crippen LogP contribution in [0.4, 0.5) is 0 Å². The second-order valence-electron chi connectivity index (χ2n) is 4.57. The first kappa shape index (κ1) is 13.5. The van der Waals surface area contributed by atoms with E-state index >= 15 is 0 Å². The van der Waals surface area contributed by atoms with Gasteiger partial charge in [-0.3, -0.25) is 4.79 Å². The smallest absolute Gasteiger partial charge is 0.233 e. The molecule has 1 aliphatic rings. The highest BCUT2D eigenvalue weighted by molar-refractivity contribution is 5.77. The lowest BCUT2D eigenvalue weighted by molar-refractivity contribution is -0.120. The summed E-state index contributed by atoms with van der Waals surface area (Å²) in [7, 11) is 0. The van der Waals surface area contributed by atoms with Gasteiger partial charge in [0.2, 0.25) is 5.91 Å². The summed E-state index contributed by atoms with van der Waals surface area (Å²) >= 11 is 0. The fraction of sp³-hybridized carbons (Fsp3) is 0.917. The van der Waals surface area contributed by atoms with Gasteiger partial charge in [0.15, 0.2) is 0 Å². The Kier molecular flexibility index (Phi) is 6.42. The van der Waals surface area contributed by atoms with Crippen molar-refractivity contribution in [2.24, 2.45) is 11.8 Å². The Morgan fingerprint density at radius 3 is 2.62 bits per heavy atom. The second kappa shape index (κ2) is 7.63. The number of hydrogen-bond donors (Lipinski definition) is 3. The summed E-state index contributed by atoms with van der Waals surface area (Å²) in [6.45, 7) is 4.17. The molecule has 0 heterocycles. The highest BCUT2D eigenvalue weighted by atomic mass is 16.3. The molecule has 1 rings (SSSR count). The van der Waals surface area contributed by atoms with Gasteiger partial charge >= 0.3 is 0 Å². The number of rotatable bonds is 6. The lowest BCUT2D eigenvalue weighted by Gasteiger charge is -2.30. The van der Waals surface area contributed by atoms with E-state index in [2.05, 4.69) is 10.6 Å². The molecule has 1 aliphatic carbocycles. The van der Waals surface area contributed by atoms with Gasteiger partial charge in [-0.15, -0.1) is 0 Å². The standard InChI is InChI=1S/C12H24N2O2/c1-2-13-8-12(16)14-7-10-5-3-4-6-11(10)9-15/h10-11,13,15H,2-9H2,1H3,(H,14,16). The van der Waals surface area contributed by atoms with Crippen molar-refractivity contribution in [2.75, 3.05) is 26.2 Å². The van der Waals surface area contributed by atoms with Gasteiger partial charge in [-0.05, 0) is 31.2 Å². The van der Waals surface area contributed by atoms with Crippen LogP contribution in [0.25, 0.3) is 0 Å². The van der Waals surface area contributed by atoms with Gasteiger partial charge in [0.1, 0.15) is 0 Å². The summed E-state index contributed by atoms with van der Waals surface area (Å²) in [5, 5.41) is 15.2. The molecule has 2 atom stereocenters. The Hall–Kier alpha value is -0.610. The molecule has 0 bridgehead atoms. The van der Waals surface area contributed by atoms with E-state index < -0.39 is 0 Å². The number of carbonyl (C=O) groups excluding carboxylic acids is 1. The highest BCUT2D eigenvalue weighted by Gasteiger charge is 2.24. The molecule has 0 saturated heterocycles. The normalized spacial score (nSPS) is 25.4. The second-order valence-corrected chi connectivity index (χ2v) is 4.57. The number of amides is 1. The Morgan fingerprint density at radius 1 is 1.31 bits per heavy atom. The quantitative estimate of drug-likeness (QED) is 0.621. The van der Waals surface area contributed by atoms with E-state index in [0.29, 0.717) is 18.4 Å². The first-order valence-electron chi connectivity index (χ1n) is 6.36. The maximum Gasteiger partial charge on any atom is 0.233 e. The molecular weight excluding hydrogens is 204 g/mol. The Morgan fingerprint density at radius 2 is 2.00 bits per heavy atom. The molecule has 0 spiro atoms. The Balaban J connectivity index is 2.21. The summed E-state index contributed by atoms with van der Waals surface area (Å²) < 4.78 is 0. The fourth-order valence-corrected chi connectivity index (χ4v) is 2.34. The molecule has 0 radical (unpaired) electrons. The van der Waals surface area contributed by atoms with Crippen LogP contribution in [0, 0.1) is 11.8 Å². The summed E-state index contributed by atoms with van der Waals surface area (Å²) in [6.07, 6.45) is 4.67. The number of nitrogens with one attached hydrogen (secondary N) is 2. The molecule has 4 heteroatoms. The van der Waals surface area contributed by atoms with Crippen molar-refractivity contribution >= 4 is 5.91 Å². The number of hydrogen-bond acceptors (Lipinski definition) is 3. The van der Waals surface area contributed by atoms with E-state index in [1.165, 1.54) is 12.8 Å². The van der Waals surface area contributed by atoms with Gasteiger partial charge in [-0.2, -0.15) is 0 Å². The van der Waals surface area contributed by atoms with Gasteiger partial charge in [-0.25, -0.2) is 0 Å². The molecular formula is C12H24N2O2. The zero-order valence-corrected chi connectivity index (χ0v) is 10.2. The van der Waals surface area contributed by atoms with E-state index in [9.17, 15) is 9.90 Å². The minimum Gasteiger partial charge on any atom is -0.396 e. The van der Waals surface area contributed by atoms with Crippen LogP contribution in [-0.4, -0.2) is 37.3 Å². The molecule has 0 aromatic carbocycles. The SMILES string of the molecule is CCNCC(=O)NCC1CCCCC1CO. The molecule has 94 valence electrons.